The van der Waals surface area contributed by atoms with Crippen molar-refractivity contribution in [3.8, 4) is 22.9 Å². The van der Waals surface area contributed by atoms with Crippen LogP contribution in [0.2, 0.25) is 0 Å². The lowest BCUT2D eigenvalue weighted by Gasteiger charge is -2.33. The minimum Gasteiger partial charge on any atom is -0.366 e. The van der Waals surface area contributed by atoms with Gasteiger partial charge in [0.15, 0.2) is 11.6 Å². The highest BCUT2D eigenvalue weighted by molar-refractivity contribution is 6.02. The third kappa shape index (κ3) is 3.87. The average molecular weight is 462 g/mol. The normalized spacial score (nSPS) is 16.4. The van der Waals surface area contributed by atoms with Crippen LogP contribution in [0.15, 0.2) is 24.4 Å². The van der Waals surface area contributed by atoms with E-state index in [1.165, 1.54) is 0 Å². The molecule has 3 N–H and O–H groups in total. The second-order valence-corrected chi connectivity index (χ2v) is 9.30. The van der Waals surface area contributed by atoms with E-state index in [2.05, 4.69) is 39.2 Å². The number of likely N-dealkylation sites (tertiary alicyclic amines) is 1. The lowest BCUT2D eigenvalue weighted by Crippen LogP contribution is -2.33. The van der Waals surface area contributed by atoms with Gasteiger partial charge in [0, 0.05) is 23.1 Å². The average Bonchev–Trinajstić information content (AvgIpc) is 3.56. The van der Waals surface area contributed by atoms with Gasteiger partial charge < -0.3 is 15.6 Å². The SMILES string of the molecule is CCn1nc(C)cc1-c1nnc(-c2cc(C(N)=O)cc3c2cnn3[C@H](C)C2CCN(C)CC2)[nH]1. The van der Waals surface area contributed by atoms with Gasteiger partial charge in [-0.3, -0.25) is 14.2 Å². The lowest BCUT2D eigenvalue weighted by molar-refractivity contribution is 0.100. The molecule has 4 heterocycles. The number of aromatic nitrogens is 7. The Morgan fingerprint density at radius 2 is 1.94 bits per heavy atom. The van der Waals surface area contributed by atoms with Crippen LogP contribution in [0, 0.1) is 12.8 Å². The maximum atomic E-state index is 12.2. The van der Waals surface area contributed by atoms with Crippen LogP contribution in [0.4, 0.5) is 0 Å². The summed E-state index contributed by atoms with van der Waals surface area (Å²) in [7, 11) is 2.16. The zero-order valence-corrected chi connectivity index (χ0v) is 20.1. The highest BCUT2D eigenvalue weighted by Gasteiger charge is 2.26. The predicted molar refractivity (Wildman–Crippen MR) is 130 cm³/mol. The Hall–Kier alpha value is -3.53. The van der Waals surface area contributed by atoms with Gasteiger partial charge >= 0.3 is 0 Å². The van der Waals surface area contributed by atoms with Crippen molar-refractivity contribution >= 4 is 16.8 Å². The maximum Gasteiger partial charge on any atom is 0.248 e. The highest BCUT2D eigenvalue weighted by Crippen LogP contribution is 2.34. The molecule has 1 amide bonds. The quantitative estimate of drug-likeness (QED) is 0.455. The van der Waals surface area contributed by atoms with Crippen molar-refractivity contribution in [3.05, 3.63) is 35.7 Å². The molecule has 0 radical (unpaired) electrons. The van der Waals surface area contributed by atoms with Crippen molar-refractivity contribution in [1.29, 1.82) is 0 Å². The first-order valence-electron chi connectivity index (χ1n) is 11.8. The number of aryl methyl sites for hydroxylation is 2. The number of primary amides is 1. The van der Waals surface area contributed by atoms with Crippen LogP contribution < -0.4 is 5.73 Å². The van der Waals surface area contributed by atoms with Crippen molar-refractivity contribution in [3.63, 3.8) is 0 Å². The van der Waals surface area contributed by atoms with E-state index in [0.717, 1.165) is 60.3 Å². The molecule has 1 aliphatic rings. The molecule has 1 fully saturated rings. The molecule has 0 bridgehead atoms. The number of fused-ring (bicyclic) bond motifs is 1. The number of carbonyl (C=O) groups is 1. The molecule has 1 saturated heterocycles. The molecule has 0 saturated carbocycles. The fourth-order valence-electron chi connectivity index (χ4n) is 4.99. The van der Waals surface area contributed by atoms with Crippen molar-refractivity contribution in [1.82, 2.24) is 39.6 Å². The van der Waals surface area contributed by atoms with E-state index in [9.17, 15) is 4.79 Å². The number of benzene rings is 1. The van der Waals surface area contributed by atoms with Crippen LogP contribution in [-0.2, 0) is 6.54 Å². The number of nitrogens with one attached hydrogen (secondary N) is 1. The van der Waals surface area contributed by atoms with E-state index in [1.807, 2.05) is 41.5 Å². The summed E-state index contributed by atoms with van der Waals surface area (Å²) >= 11 is 0. The number of H-pyrrole nitrogens is 1. The number of rotatable bonds is 6. The van der Waals surface area contributed by atoms with Crippen LogP contribution in [0.1, 0.15) is 48.8 Å². The van der Waals surface area contributed by atoms with E-state index in [1.54, 1.807) is 6.07 Å². The van der Waals surface area contributed by atoms with Crippen molar-refractivity contribution < 1.29 is 4.79 Å². The number of hydrogen-bond donors (Lipinski definition) is 2. The fourth-order valence-corrected chi connectivity index (χ4v) is 4.99. The Morgan fingerprint density at radius 3 is 2.65 bits per heavy atom. The molecule has 1 atom stereocenters. The molecule has 0 aliphatic carbocycles. The molecule has 1 aromatic carbocycles. The zero-order valence-electron chi connectivity index (χ0n) is 20.1. The third-order valence-electron chi connectivity index (χ3n) is 7.02. The van der Waals surface area contributed by atoms with E-state index >= 15 is 0 Å². The van der Waals surface area contributed by atoms with Gasteiger partial charge in [-0.25, -0.2) is 0 Å². The topological polar surface area (TPSA) is 124 Å². The Bertz CT molecular complexity index is 1340. The first-order chi connectivity index (χ1) is 16.4. The highest BCUT2D eigenvalue weighted by atomic mass is 16.1. The summed E-state index contributed by atoms with van der Waals surface area (Å²) in [6.45, 7) is 9.09. The first-order valence-corrected chi connectivity index (χ1v) is 11.8. The van der Waals surface area contributed by atoms with Crippen LogP contribution in [-0.4, -0.2) is 65.7 Å². The maximum absolute atomic E-state index is 12.2. The summed E-state index contributed by atoms with van der Waals surface area (Å²) in [6.07, 6.45) is 4.10. The summed E-state index contributed by atoms with van der Waals surface area (Å²) in [5.41, 5.74) is 9.55. The molecule has 0 unspecified atom stereocenters. The van der Waals surface area contributed by atoms with Crippen LogP contribution in [0.3, 0.4) is 0 Å². The molecule has 10 heteroatoms. The predicted octanol–water partition coefficient (Wildman–Crippen LogP) is 3.01. The van der Waals surface area contributed by atoms with E-state index in [4.69, 9.17) is 10.8 Å². The molecule has 5 rings (SSSR count). The second-order valence-electron chi connectivity index (χ2n) is 9.30. The van der Waals surface area contributed by atoms with Gasteiger partial charge in [-0.15, -0.1) is 10.2 Å². The van der Waals surface area contributed by atoms with Gasteiger partial charge in [0.2, 0.25) is 5.91 Å². The molecule has 3 aromatic heterocycles. The number of nitrogens with zero attached hydrogens (tertiary/aromatic N) is 7. The van der Waals surface area contributed by atoms with E-state index in [0.29, 0.717) is 23.1 Å². The minimum atomic E-state index is -0.484. The second kappa shape index (κ2) is 8.68. The molecule has 10 nitrogen and oxygen atoms in total. The van der Waals surface area contributed by atoms with Gasteiger partial charge in [0.1, 0.15) is 5.69 Å². The molecule has 4 aromatic rings. The van der Waals surface area contributed by atoms with Crippen molar-refractivity contribution in [2.24, 2.45) is 11.7 Å². The van der Waals surface area contributed by atoms with Gasteiger partial charge in [-0.2, -0.15) is 10.2 Å². The Morgan fingerprint density at radius 1 is 1.21 bits per heavy atom. The Kier molecular flexibility index (Phi) is 5.68. The summed E-state index contributed by atoms with van der Waals surface area (Å²) < 4.78 is 3.92. The number of piperidine rings is 1. The standard InChI is InChI=1S/C24H31N9O/c1-5-32-21(10-14(2)30-32)24-27-23(28-29-24)18-11-17(22(25)34)12-20-19(18)13-26-33(20)15(3)16-6-8-31(4)9-7-16/h10-13,15-16H,5-9H2,1-4H3,(H2,25,34)(H,27,28,29)/t15-/m1/s1. The first kappa shape index (κ1) is 22.3. The Balaban J connectivity index is 1.58. The lowest BCUT2D eigenvalue weighted by atomic mass is 9.90. The van der Waals surface area contributed by atoms with E-state index < -0.39 is 5.91 Å². The summed E-state index contributed by atoms with van der Waals surface area (Å²) in [5, 5.41) is 18.9. The number of hydrogen-bond acceptors (Lipinski definition) is 6. The Labute approximate surface area is 198 Å². The molecular weight excluding hydrogens is 430 g/mol. The number of amides is 1. The number of aromatic amines is 1. The number of carbonyl (C=O) groups excluding carboxylic acids is 1. The van der Waals surface area contributed by atoms with Gasteiger partial charge in [0.25, 0.3) is 0 Å². The molecule has 1 aliphatic heterocycles. The summed E-state index contributed by atoms with van der Waals surface area (Å²) in [6, 6.07) is 5.79. The van der Waals surface area contributed by atoms with E-state index in [-0.39, 0.29) is 6.04 Å². The molecule has 0 spiro atoms. The van der Waals surface area contributed by atoms with Gasteiger partial charge in [-0.1, -0.05) is 0 Å². The minimum absolute atomic E-state index is 0.203. The van der Waals surface area contributed by atoms with Crippen molar-refractivity contribution in [2.75, 3.05) is 20.1 Å². The van der Waals surface area contributed by atoms with Crippen LogP contribution in [0.5, 0.6) is 0 Å². The monoisotopic (exact) mass is 461 g/mol. The summed E-state index contributed by atoms with van der Waals surface area (Å²) in [4.78, 5) is 17.9. The molecule has 178 valence electrons. The van der Waals surface area contributed by atoms with Gasteiger partial charge in [0.05, 0.1) is 23.4 Å². The molecular formula is C24H31N9O. The smallest absolute Gasteiger partial charge is 0.248 e. The fraction of sp³-hybridized carbons (Fsp3) is 0.458. The summed E-state index contributed by atoms with van der Waals surface area (Å²) in [5.74, 6) is 1.23. The van der Waals surface area contributed by atoms with Crippen LogP contribution in [0.25, 0.3) is 33.8 Å². The molecule has 34 heavy (non-hydrogen) atoms. The number of nitrogens with two attached hydrogens (primary N) is 1. The third-order valence-corrected chi connectivity index (χ3v) is 7.02. The van der Waals surface area contributed by atoms with Crippen LogP contribution >= 0.6 is 0 Å². The van der Waals surface area contributed by atoms with Crippen molar-refractivity contribution in [2.45, 2.75) is 46.2 Å². The van der Waals surface area contributed by atoms with Gasteiger partial charge in [-0.05, 0) is 77.9 Å². The largest absolute Gasteiger partial charge is 0.366 e. The zero-order chi connectivity index (χ0) is 24.0.